The van der Waals surface area contributed by atoms with Gasteiger partial charge < -0.3 is 15.4 Å². The molecule has 0 radical (unpaired) electrons. The maximum absolute atomic E-state index is 12.0. The number of anilines is 2. The van der Waals surface area contributed by atoms with Gasteiger partial charge in [0.15, 0.2) is 0 Å². The molecule has 0 fully saturated rings. The van der Waals surface area contributed by atoms with E-state index in [2.05, 4.69) is 10.6 Å². The molecule has 5 heteroatoms. The summed E-state index contributed by atoms with van der Waals surface area (Å²) in [6.07, 6.45) is 0. The molecule has 22 heavy (non-hydrogen) atoms. The molecule has 2 N–H and O–H groups in total. The molecule has 0 aliphatic heterocycles. The number of esters is 1. The molecule has 0 saturated heterocycles. The minimum atomic E-state index is -0.406. The Hall–Kier alpha value is -2.82. The van der Waals surface area contributed by atoms with E-state index in [4.69, 9.17) is 4.74 Å². The predicted molar refractivity (Wildman–Crippen MR) is 86.3 cm³/mol. The van der Waals surface area contributed by atoms with Crippen molar-refractivity contribution in [2.75, 3.05) is 10.6 Å². The number of carbonyl (C=O) groups is 2. The number of hydrogen-bond acceptors (Lipinski definition) is 3. The molecule has 0 heterocycles. The van der Waals surface area contributed by atoms with Crippen LogP contribution in [0, 0.1) is 13.8 Å². The molecule has 2 aromatic rings. The van der Waals surface area contributed by atoms with Gasteiger partial charge in [0.1, 0.15) is 5.75 Å². The molecule has 0 aliphatic rings. The number of hydrogen-bond donors (Lipinski definition) is 2. The van der Waals surface area contributed by atoms with E-state index in [1.165, 1.54) is 6.92 Å². The van der Waals surface area contributed by atoms with Gasteiger partial charge in [0.05, 0.1) is 0 Å². The zero-order valence-electron chi connectivity index (χ0n) is 12.8. The summed E-state index contributed by atoms with van der Waals surface area (Å²) in [6, 6.07) is 12.0. The molecule has 0 unspecified atom stereocenters. The third-order valence-electron chi connectivity index (χ3n) is 3.21. The van der Waals surface area contributed by atoms with Crippen molar-refractivity contribution in [2.45, 2.75) is 20.8 Å². The van der Waals surface area contributed by atoms with E-state index in [-0.39, 0.29) is 6.03 Å². The lowest BCUT2D eigenvalue weighted by Crippen LogP contribution is -2.20. The van der Waals surface area contributed by atoms with Crippen LogP contribution in [0.25, 0.3) is 0 Å². The Morgan fingerprint density at radius 2 is 1.73 bits per heavy atom. The summed E-state index contributed by atoms with van der Waals surface area (Å²) in [5.41, 5.74) is 3.43. The monoisotopic (exact) mass is 298 g/mol. The smallest absolute Gasteiger partial charge is 0.323 e. The first-order valence-electron chi connectivity index (χ1n) is 6.88. The van der Waals surface area contributed by atoms with Crippen LogP contribution in [0.5, 0.6) is 5.75 Å². The molecule has 0 aliphatic carbocycles. The van der Waals surface area contributed by atoms with Crippen LogP contribution in [0.4, 0.5) is 16.2 Å². The second-order valence-corrected chi connectivity index (χ2v) is 4.95. The van der Waals surface area contributed by atoms with Gasteiger partial charge in [-0.25, -0.2) is 4.79 Å². The number of urea groups is 1. The van der Waals surface area contributed by atoms with E-state index in [0.717, 1.165) is 16.8 Å². The predicted octanol–water partition coefficient (Wildman–Crippen LogP) is 3.87. The fourth-order valence-corrected chi connectivity index (χ4v) is 1.97. The molecule has 0 spiro atoms. The highest BCUT2D eigenvalue weighted by molar-refractivity contribution is 6.00. The van der Waals surface area contributed by atoms with E-state index < -0.39 is 5.97 Å². The molecule has 2 rings (SSSR count). The van der Waals surface area contributed by atoms with E-state index >= 15 is 0 Å². The lowest BCUT2D eigenvalue weighted by molar-refractivity contribution is -0.131. The number of ether oxygens (including phenoxy) is 1. The molecule has 0 atom stereocenters. The highest BCUT2D eigenvalue weighted by Crippen LogP contribution is 2.20. The average molecular weight is 298 g/mol. The minimum Gasteiger partial charge on any atom is -0.427 e. The van der Waals surface area contributed by atoms with Crippen molar-refractivity contribution in [1.29, 1.82) is 0 Å². The summed E-state index contributed by atoms with van der Waals surface area (Å²) in [4.78, 5) is 23.0. The van der Waals surface area contributed by atoms with Crippen molar-refractivity contribution in [3.63, 3.8) is 0 Å². The Morgan fingerprint density at radius 3 is 2.45 bits per heavy atom. The summed E-state index contributed by atoms with van der Waals surface area (Å²) < 4.78 is 4.98. The Bertz CT molecular complexity index is 711. The number of nitrogens with one attached hydrogen (secondary N) is 2. The second kappa shape index (κ2) is 6.76. The van der Waals surface area contributed by atoms with Crippen LogP contribution in [0.3, 0.4) is 0 Å². The Labute approximate surface area is 129 Å². The van der Waals surface area contributed by atoms with Crippen LogP contribution in [0.1, 0.15) is 18.1 Å². The van der Waals surface area contributed by atoms with Crippen molar-refractivity contribution >= 4 is 23.4 Å². The largest absolute Gasteiger partial charge is 0.427 e. The van der Waals surface area contributed by atoms with Crippen molar-refractivity contribution in [3.05, 3.63) is 53.6 Å². The number of amides is 2. The molecular weight excluding hydrogens is 280 g/mol. The Morgan fingerprint density at radius 1 is 1.00 bits per heavy atom. The molecule has 2 aromatic carbocycles. The number of aryl methyl sites for hydroxylation is 1. The van der Waals surface area contributed by atoms with Gasteiger partial charge in [-0.2, -0.15) is 0 Å². The van der Waals surface area contributed by atoms with Crippen molar-refractivity contribution < 1.29 is 14.3 Å². The van der Waals surface area contributed by atoms with Gasteiger partial charge in [0.2, 0.25) is 0 Å². The van der Waals surface area contributed by atoms with E-state index in [9.17, 15) is 9.59 Å². The van der Waals surface area contributed by atoms with Gasteiger partial charge >= 0.3 is 12.0 Å². The lowest BCUT2D eigenvalue weighted by Gasteiger charge is -2.12. The zero-order valence-corrected chi connectivity index (χ0v) is 12.8. The molecule has 114 valence electrons. The number of benzene rings is 2. The number of carbonyl (C=O) groups excluding carboxylic acids is 2. The normalized spacial score (nSPS) is 9.95. The second-order valence-electron chi connectivity index (χ2n) is 4.95. The fraction of sp³-hybridized carbons (Fsp3) is 0.176. The highest BCUT2D eigenvalue weighted by Gasteiger charge is 2.07. The van der Waals surface area contributed by atoms with Crippen LogP contribution >= 0.6 is 0 Å². The highest BCUT2D eigenvalue weighted by atomic mass is 16.5. The quantitative estimate of drug-likeness (QED) is 0.667. The third kappa shape index (κ3) is 4.09. The first kappa shape index (κ1) is 15.6. The lowest BCUT2D eigenvalue weighted by atomic mass is 10.1. The van der Waals surface area contributed by atoms with Gasteiger partial charge in [-0.15, -0.1) is 0 Å². The minimum absolute atomic E-state index is 0.353. The first-order valence-corrected chi connectivity index (χ1v) is 6.88. The fourth-order valence-electron chi connectivity index (χ4n) is 1.97. The Kier molecular flexibility index (Phi) is 4.78. The van der Waals surface area contributed by atoms with Gasteiger partial charge in [-0.1, -0.05) is 18.2 Å². The van der Waals surface area contributed by atoms with Gasteiger partial charge in [-0.05, 0) is 43.2 Å². The van der Waals surface area contributed by atoms with Gasteiger partial charge in [-0.3, -0.25) is 4.79 Å². The summed E-state index contributed by atoms with van der Waals surface area (Å²) >= 11 is 0. The standard InChI is InChI=1S/C17H18N2O3/c1-11-6-4-9-16(12(11)2)19-17(21)18-14-7-5-8-15(10-14)22-13(3)20/h4-10H,1-3H3,(H2,18,19,21). The van der Waals surface area contributed by atoms with Crippen LogP contribution in [-0.2, 0) is 4.79 Å². The molecular formula is C17H18N2O3. The summed E-state index contributed by atoms with van der Waals surface area (Å²) in [5.74, 6) is -0.0194. The number of rotatable bonds is 3. The van der Waals surface area contributed by atoms with Crippen LogP contribution in [0.2, 0.25) is 0 Å². The SMILES string of the molecule is CC(=O)Oc1cccc(NC(=O)Nc2cccc(C)c2C)c1. The average Bonchev–Trinajstić information content (AvgIpc) is 2.43. The summed E-state index contributed by atoms with van der Waals surface area (Å²) in [6.45, 7) is 5.26. The maximum Gasteiger partial charge on any atom is 0.323 e. The maximum atomic E-state index is 12.0. The Balaban J connectivity index is 2.06. The zero-order chi connectivity index (χ0) is 16.1. The van der Waals surface area contributed by atoms with Crippen molar-refractivity contribution in [3.8, 4) is 5.75 Å². The molecule has 0 saturated carbocycles. The molecule has 5 nitrogen and oxygen atoms in total. The third-order valence-corrected chi connectivity index (χ3v) is 3.21. The summed E-state index contributed by atoms with van der Waals surface area (Å²) in [5, 5.41) is 5.51. The molecule has 0 bridgehead atoms. The van der Waals surface area contributed by atoms with Crippen LogP contribution in [-0.4, -0.2) is 12.0 Å². The van der Waals surface area contributed by atoms with Gasteiger partial charge in [0.25, 0.3) is 0 Å². The molecule has 2 amide bonds. The van der Waals surface area contributed by atoms with Gasteiger partial charge in [0, 0.05) is 24.4 Å². The topological polar surface area (TPSA) is 67.4 Å². The van der Waals surface area contributed by atoms with E-state index in [1.54, 1.807) is 24.3 Å². The van der Waals surface area contributed by atoms with Crippen LogP contribution in [0.15, 0.2) is 42.5 Å². The first-order chi connectivity index (χ1) is 10.5. The van der Waals surface area contributed by atoms with Crippen LogP contribution < -0.4 is 15.4 Å². The van der Waals surface area contributed by atoms with Crippen molar-refractivity contribution in [1.82, 2.24) is 0 Å². The van der Waals surface area contributed by atoms with Crippen molar-refractivity contribution in [2.24, 2.45) is 0 Å². The molecule has 0 aromatic heterocycles. The van der Waals surface area contributed by atoms with E-state index in [0.29, 0.717) is 11.4 Å². The van der Waals surface area contributed by atoms with E-state index in [1.807, 2.05) is 32.0 Å². The summed E-state index contributed by atoms with van der Waals surface area (Å²) in [7, 11) is 0.